The summed E-state index contributed by atoms with van der Waals surface area (Å²) in [4.78, 5) is 11.2. The molecule has 0 atom stereocenters. The van der Waals surface area contributed by atoms with Crippen LogP contribution < -0.4 is 20.3 Å². The number of nitrogens with zero attached hydrogens (tertiary/aromatic N) is 3. The third-order valence-electron chi connectivity index (χ3n) is 5.23. The third kappa shape index (κ3) is 6.11. The number of hydrogen-bond acceptors (Lipinski definition) is 4. The van der Waals surface area contributed by atoms with Gasteiger partial charge in [-0.25, -0.2) is 4.98 Å². The zero-order chi connectivity index (χ0) is 20.5. The zero-order valence-electron chi connectivity index (χ0n) is 17.8. The highest BCUT2D eigenvalue weighted by Gasteiger charge is 2.20. The number of pyridine rings is 1. The summed E-state index contributed by atoms with van der Waals surface area (Å²) in [5.41, 5.74) is 1.25. The standard InChI is InChI=1S/C23H33N5O/c1-18(2)20-8-4-5-9-21(20)29-17-14-26-23(24-3)27-19-11-15-28(16-12-19)22-10-6-7-13-25-22/h4-10,13,18-19H,11-12,14-17H2,1-3H3,(H2,24,26,27). The van der Waals surface area contributed by atoms with Gasteiger partial charge in [-0.3, -0.25) is 4.99 Å². The molecule has 1 fully saturated rings. The number of ether oxygens (including phenoxy) is 1. The van der Waals surface area contributed by atoms with Gasteiger partial charge in [0.05, 0.1) is 6.54 Å². The van der Waals surface area contributed by atoms with Crippen molar-refractivity contribution in [3.8, 4) is 5.75 Å². The van der Waals surface area contributed by atoms with Crippen LogP contribution in [0.1, 0.15) is 38.2 Å². The monoisotopic (exact) mass is 395 g/mol. The molecule has 2 N–H and O–H groups in total. The van der Waals surface area contributed by atoms with E-state index < -0.39 is 0 Å². The van der Waals surface area contributed by atoms with Gasteiger partial charge < -0.3 is 20.3 Å². The molecule has 0 amide bonds. The average Bonchev–Trinajstić information content (AvgIpc) is 2.77. The molecule has 0 unspecified atom stereocenters. The van der Waals surface area contributed by atoms with E-state index >= 15 is 0 Å². The van der Waals surface area contributed by atoms with E-state index in [1.165, 1.54) is 5.56 Å². The number of aliphatic imine (C=N–C) groups is 1. The smallest absolute Gasteiger partial charge is 0.191 e. The lowest BCUT2D eigenvalue weighted by atomic mass is 10.0. The van der Waals surface area contributed by atoms with E-state index in [0.29, 0.717) is 25.1 Å². The Labute approximate surface area is 174 Å². The minimum atomic E-state index is 0.420. The van der Waals surface area contributed by atoms with Crippen LogP contribution in [0.15, 0.2) is 53.7 Å². The summed E-state index contributed by atoms with van der Waals surface area (Å²) in [7, 11) is 1.81. The van der Waals surface area contributed by atoms with Gasteiger partial charge in [-0.1, -0.05) is 38.1 Å². The number of piperidine rings is 1. The van der Waals surface area contributed by atoms with E-state index in [1.807, 2.05) is 37.5 Å². The molecule has 1 aliphatic heterocycles. The Bertz CT molecular complexity index is 770. The molecule has 2 heterocycles. The fourth-order valence-corrected chi connectivity index (χ4v) is 3.60. The van der Waals surface area contributed by atoms with Crippen LogP contribution in [0.3, 0.4) is 0 Å². The Morgan fingerprint density at radius 1 is 1.17 bits per heavy atom. The van der Waals surface area contributed by atoms with Crippen molar-refractivity contribution in [3.63, 3.8) is 0 Å². The maximum atomic E-state index is 5.99. The summed E-state index contributed by atoms with van der Waals surface area (Å²) in [6.45, 7) is 7.68. The Hall–Kier alpha value is -2.76. The minimum Gasteiger partial charge on any atom is -0.491 e. The molecule has 2 aromatic rings. The predicted octanol–water partition coefficient (Wildman–Crippen LogP) is 3.42. The van der Waals surface area contributed by atoms with E-state index in [9.17, 15) is 0 Å². The summed E-state index contributed by atoms with van der Waals surface area (Å²) < 4.78 is 5.99. The van der Waals surface area contributed by atoms with Gasteiger partial charge in [0.1, 0.15) is 18.2 Å². The van der Waals surface area contributed by atoms with E-state index in [1.54, 1.807) is 0 Å². The van der Waals surface area contributed by atoms with Crippen molar-refractivity contribution >= 4 is 11.8 Å². The Morgan fingerprint density at radius 2 is 1.93 bits per heavy atom. The largest absolute Gasteiger partial charge is 0.491 e. The SMILES string of the molecule is CN=C(NCCOc1ccccc1C(C)C)NC1CCN(c2ccccn2)CC1. The number of para-hydroxylation sites is 1. The van der Waals surface area contributed by atoms with Gasteiger partial charge in [0, 0.05) is 32.4 Å². The zero-order valence-corrected chi connectivity index (χ0v) is 17.8. The number of nitrogens with one attached hydrogen (secondary N) is 2. The number of anilines is 1. The highest BCUT2D eigenvalue weighted by molar-refractivity contribution is 5.80. The molecule has 1 aliphatic rings. The summed E-state index contributed by atoms with van der Waals surface area (Å²) in [5.74, 6) is 3.31. The molecule has 3 rings (SSSR count). The second-order valence-electron chi connectivity index (χ2n) is 7.63. The van der Waals surface area contributed by atoms with Crippen molar-refractivity contribution < 1.29 is 4.74 Å². The van der Waals surface area contributed by atoms with Gasteiger partial charge in [-0.15, -0.1) is 0 Å². The van der Waals surface area contributed by atoms with Crippen LogP contribution in [0.5, 0.6) is 5.75 Å². The fraction of sp³-hybridized carbons (Fsp3) is 0.478. The maximum absolute atomic E-state index is 5.99. The first-order chi connectivity index (χ1) is 14.2. The lowest BCUT2D eigenvalue weighted by molar-refractivity contribution is 0.317. The number of rotatable bonds is 7. The first kappa shape index (κ1) is 21.0. The van der Waals surface area contributed by atoms with E-state index in [0.717, 1.165) is 43.5 Å². The van der Waals surface area contributed by atoms with E-state index in [-0.39, 0.29) is 0 Å². The molecule has 6 nitrogen and oxygen atoms in total. The summed E-state index contributed by atoms with van der Waals surface area (Å²) in [6, 6.07) is 14.7. The number of aromatic nitrogens is 1. The highest BCUT2D eigenvalue weighted by atomic mass is 16.5. The average molecular weight is 396 g/mol. The molecule has 0 bridgehead atoms. The Morgan fingerprint density at radius 3 is 2.62 bits per heavy atom. The number of guanidine groups is 1. The normalized spacial score (nSPS) is 15.4. The van der Waals surface area contributed by atoms with Crippen LogP contribution in [-0.4, -0.2) is 50.3 Å². The highest BCUT2D eigenvalue weighted by Crippen LogP contribution is 2.25. The van der Waals surface area contributed by atoms with Crippen molar-refractivity contribution in [2.45, 2.75) is 38.6 Å². The maximum Gasteiger partial charge on any atom is 0.191 e. The van der Waals surface area contributed by atoms with Crippen LogP contribution in [0.25, 0.3) is 0 Å². The Balaban J connectivity index is 1.39. The van der Waals surface area contributed by atoms with Crippen molar-refractivity contribution in [1.82, 2.24) is 15.6 Å². The number of benzene rings is 1. The molecule has 29 heavy (non-hydrogen) atoms. The van der Waals surface area contributed by atoms with Crippen LogP contribution >= 0.6 is 0 Å². The fourth-order valence-electron chi connectivity index (χ4n) is 3.60. The first-order valence-corrected chi connectivity index (χ1v) is 10.5. The third-order valence-corrected chi connectivity index (χ3v) is 5.23. The van der Waals surface area contributed by atoms with Crippen LogP contribution in [0.2, 0.25) is 0 Å². The molecular weight excluding hydrogens is 362 g/mol. The molecule has 0 radical (unpaired) electrons. The lowest BCUT2D eigenvalue weighted by Crippen LogP contribution is -2.49. The van der Waals surface area contributed by atoms with E-state index in [4.69, 9.17) is 4.74 Å². The van der Waals surface area contributed by atoms with Crippen LogP contribution in [0.4, 0.5) is 5.82 Å². The topological polar surface area (TPSA) is 61.8 Å². The van der Waals surface area contributed by atoms with Crippen molar-refractivity contribution in [3.05, 3.63) is 54.2 Å². The Kier molecular flexibility index (Phi) is 7.73. The molecule has 1 aromatic heterocycles. The minimum absolute atomic E-state index is 0.420. The van der Waals surface area contributed by atoms with Gasteiger partial charge in [-0.05, 0) is 42.5 Å². The molecular formula is C23H33N5O. The summed E-state index contributed by atoms with van der Waals surface area (Å²) >= 11 is 0. The first-order valence-electron chi connectivity index (χ1n) is 10.5. The van der Waals surface area contributed by atoms with Crippen LogP contribution in [-0.2, 0) is 0 Å². The van der Waals surface area contributed by atoms with Crippen molar-refractivity contribution in [2.24, 2.45) is 4.99 Å². The van der Waals surface area contributed by atoms with Crippen LogP contribution in [0, 0.1) is 0 Å². The molecule has 0 saturated carbocycles. The summed E-state index contributed by atoms with van der Waals surface area (Å²) in [6.07, 6.45) is 3.98. The summed E-state index contributed by atoms with van der Waals surface area (Å²) in [5, 5.41) is 6.91. The molecule has 1 saturated heterocycles. The van der Waals surface area contributed by atoms with Gasteiger partial charge in [-0.2, -0.15) is 0 Å². The molecule has 0 spiro atoms. The van der Waals surface area contributed by atoms with Gasteiger partial charge in [0.25, 0.3) is 0 Å². The second kappa shape index (κ2) is 10.7. The molecule has 1 aromatic carbocycles. The van der Waals surface area contributed by atoms with Gasteiger partial charge in [0.2, 0.25) is 0 Å². The quantitative estimate of drug-likeness (QED) is 0.427. The van der Waals surface area contributed by atoms with Gasteiger partial charge >= 0.3 is 0 Å². The molecule has 0 aliphatic carbocycles. The van der Waals surface area contributed by atoms with Crippen molar-refractivity contribution in [1.29, 1.82) is 0 Å². The van der Waals surface area contributed by atoms with E-state index in [2.05, 4.69) is 57.6 Å². The predicted molar refractivity (Wildman–Crippen MR) is 120 cm³/mol. The molecule has 156 valence electrons. The lowest BCUT2D eigenvalue weighted by Gasteiger charge is -2.33. The van der Waals surface area contributed by atoms with Crippen molar-refractivity contribution in [2.75, 3.05) is 38.2 Å². The van der Waals surface area contributed by atoms with Gasteiger partial charge in [0.15, 0.2) is 5.96 Å². The molecule has 6 heteroatoms. The number of hydrogen-bond donors (Lipinski definition) is 2. The second-order valence-corrected chi connectivity index (χ2v) is 7.63.